The zero-order chi connectivity index (χ0) is 19.2. The van der Waals surface area contributed by atoms with Crippen LogP contribution in [0, 0.1) is 13.8 Å². The molecular formula is C23H23NO3. The summed E-state index contributed by atoms with van der Waals surface area (Å²) in [4.78, 5) is 12.5. The van der Waals surface area contributed by atoms with Gasteiger partial charge in [0.2, 0.25) is 0 Å². The number of amides is 1. The van der Waals surface area contributed by atoms with Gasteiger partial charge >= 0.3 is 0 Å². The topological polar surface area (TPSA) is 47.6 Å². The maximum atomic E-state index is 12.5. The Morgan fingerprint density at radius 2 is 1.67 bits per heavy atom. The Morgan fingerprint density at radius 1 is 0.889 bits per heavy atom. The van der Waals surface area contributed by atoms with Crippen LogP contribution in [0.1, 0.15) is 27.0 Å². The molecule has 3 aromatic rings. The molecule has 0 aliphatic carbocycles. The average molecular weight is 361 g/mol. The van der Waals surface area contributed by atoms with Gasteiger partial charge in [-0.15, -0.1) is 0 Å². The van der Waals surface area contributed by atoms with E-state index in [4.69, 9.17) is 9.47 Å². The van der Waals surface area contributed by atoms with E-state index >= 15 is 0 Å². The molecule has 0 fully saturated rings. The molecule has 0 bridgehead atoms. The maximum absolute atomic E-state index is 12.5. The van der Waals surface area contributed by atoms with Crippen LogP contribution < -0.4 is 14.8 Å². The quantitative estimate of drug-likeness (QED) is 0.661. The van der Waals surface area contributed by atoms with Crippen molar-refractivity contribution in [2.75, 3.05) is 12.4 Å². The van der Waals surface area contributed by atoms with Gasteiger partial charge in [0, 0.05) is 11.3 Å². The minimum atomic E-state index is -0.191. The third-order valence-electron chi connectivity index (χ3n) is 4.22. The van der Waals surface area contributed by atoms with E-state index in [-0.39, 0.29) is 5.91 Å². The summed E-state index contributed by atoms with van der Waals surface area (Å²) >= 11 is 0. The minimum Gasteiger partial charge on any atom is -0.493 e. The van der Waals surface area contributed by atoms with E-state index in [9.17, 15) is 4.79 Å². The summed E-state index contributed by atoms with van der Waals surface area (Å²) < 4.78 is 11.3. The molecule has 0 radical (unpaired) electrons. The fraction of sp³-hybridized carbons (Fsp3) is 0.174. The molecule has 138 valence electrons. The lowest BCUT2D eigenvalue weighted by atomic mass is 10.1. The number of aryl methyl sites for hydroxylation is 2. The maximum Gasteiger partial charge on any atom is 0.255 e. The van der Waals surface area contributed by atoms with Crippen LogP contribution in [0.4, 0.5) is 5.69 Å². The number of rotatable bonds is 6. The highest BCUT2D eigenvalue weighted by Crippen LogP contribution is 2.29. The van der Waals surface area contributed by atoms with Crippen LogP contribution in [0.3, 0.4) is 0 Å². The molecule has 4 nitrogen and oxygen atoms in total. The second-order valence-electron chi connectivity index (χ2n) is 6.46. The molecule has 0 unspecified atom stereocenters. The predicted molar refractivity (Wildman–Crippen MR) is 108 cm³/mol. The lowest BCUT2D eigenvalue weighted by molar-refractivity contribution is 0.102. The van der Waals surface area contributed by atoms with E-state index in [1.807, 2.05) is 50.2 Å². The van der Waals surface area contributed by atoms with Gasteiger partial charge in [-0.3, -0.25) is 4.79 Å². The van der Waals surface area contributed by atoms with Crippen LogP contribution in [-0.2, 0) is 6.61 Å². The van der Waals surface area contributed by atoms with Crippen molar-refractivity contribution in [3.63, 3.8) is 0 Å². The number of nitrogens with one attached hydrogen (secondary N) is 1. The Balaban J connectivity index is 1.71. The first-order valence-electron chi connectivity index (χ1n) is 8.79. The number of benzene rings is 3. The monoisotopic (exact) mass is 361 g/mol. The highest BCUT2D eigenvalue weighted by molar-refractivity contribution is 6.04. The van der Waals surface area contributed by atoms with E-state index < -0.39 is 0 Å². The van der Waals surface area contributed by atoms with E-state index in [2.05, 4.69) is 17.4 Å². The second kappa shape index (κ2) is 8.41. The number of hydrogen-bond donors (Lipinski definition) is 1. The van der Waals surface area contributed by atoms with Gasteiger partial charge in [-0.25, -0.2) is 0 Å². The molecule has 3 aromatic carbocycles. The highest BCUT2D eigenvalue weighted by Gasteiger charge is 2.12. The van der Waals surface area contributed by atoms with Crippen molar-refractivity contribution in [1.29, 1.82) is 0 Å². The minimum absolute atomic E-state index is 0.191. The molecule has 0 saturated carbocycles. The van der Waals surface area contributed by atoms with Crippen molar-refractivity contribution in [1.82, 2.24) is 0 Å². The third kappa shape index (κ3) is 4.88. The Hall–Kier alpha value is -3.27. The summed E-state index contributed by atoms with van der Waals surface area (Å²) in [6.45, 7) is 4.47. The molecule has 27 heavy (non-hydrogen) atoms. The lowest BCUT2D eigenvalue weighted by Crippen LogP contribution is -2.12. The molecule has 0 atom stereocenters. The second-order valence-corrected chi connectivity index (χ2v) is 6.46. The Labute approximate surface area is 159 Å². The molecule has 4 heteroatoms. The first kappa shape index (κ1) is 18.5. The summed E-state index contributed by atoms with van der Waals surface area (Å²) in [5.41, 5.74) is 4.64. The molecule has 0 aliphatic heterocycles. The fourth-order valence-electron chi connectivity index (χ4n) is 2.70. The summed E-state index contributed by atoms with van der Waals surface area (Å²) in [6, 6.07) is 21.0. The van der Waals surface area contributed by atoms with Crippen LogP contribution in [0.15, 0.2) is 66.7 Å². The van der Waals surface area contributed by atoms with Gasteiger partial charge in [0.25, 0.3) is 5.91 Å². The van der Waals surface area contributed by atoms with Crippen molar-refractivity contribution in [2.45, 2.75) is 20.5 Å². The standard InChI is InChI=1S/C23H23NO3/c1-16-7-9-18(10-8-16)15-27-21-12-11-19(14-22(21)26-3)23(25)24-20-6-4-5-17(2)13-20/h4-14H,15H2,1-3H3,(H,24,25). The predicted octanol–water partition coefficient (Wildman–Crippen LogP) is 5.14. The number of carbonyl (C=O) groups excluding carboxylic acids is 1. The first-order chi connectivity index (χ1) is 13.0. The molecule has 1 N–H and O–H groups in total. The summed E-state index contributed by atoms with van der Waals surface area (Å²) in [5, 5.41) is 2.90. The van der Waals surface area contributed by atoms with Crippen LogP contribution in [0.2, 0.25) is 0 Å². The van der Waals surface area contributed by atoms with Crippen molar-refractivity contribution in [3.05, 3.63) is 89.0 Å². The molecule has 0 aliphatic rings. The van der Waals surface area contributed by atoms with Crippen LogP contribution in [0.5, 0.6) is 11.5 Å². The number of carbonyl (C=O) groups is 1. The number of methoxy groups -OCH3 is 1. The van der Waals surface area contributed by atoms with Crippen molar-refractivity contribution >= 4 is 11.6 Å². The Bertz CT molecular complexity index is 933. The van der Waals surface area contributed by atoms with Gasteiger partial charge in [-0.05, 0) is 55.3 Å². The Morgan fingerprint density at radius 3 is 2.37 bits per heavy atom. The average Bonchev–Trinajstić information content (AvgIpc) is 2.67. The van der Waals surface area contributed by atoms with Crippen LogP contribution in [-0.4, -0.2) is 13.0 Å². The largest absolute Gasteiger partial charge is 0.493 e. The molecule has 0 saturated heterocycles. The van der Waals surface area contributed by atoms with E-state index in [0.29, 0.717) is 23.7 Å². The zero-order valence-corrected chi connectivity index (χ0v) is 15.8. The van der Waals surface area contributed by atoms with Gasteiger partial charge in [0.1, 0.15) is 6.61 Å². The van der Waals surface area contributed by atoms with Crippen LogP contribution in [0.25, 0.3) is 0 Å². The molecule has 3 rings (SSSR count). The molecule has 0 heterocycles. The first-order valence-corrected chi connectivity index (χ1v) is 8.79. The lowest BCUT2D eigenvalue weighted by Gasteiger charge is -2.13. The number of hydrogen-bond acceptors (Lipinski definition) is 3. The van der Waals surface area contributed by atoms with E-state index in [1.165, 1.54) is 5.56 Å². The van der Waals surface area contributed by atoms with Crippen molar-refractivity contribution < 1.29 is 14.3 Å². The molecular weight excluding hydrogens is 338 g/mol. The molecule has 0 aromatic heterocycles. The summed E-state index contributed by atoms with van der Waals surface area (Å²) in [5.74, 6) is 0.938. The zero-order valence-electron chi connectivity index (χ0n) is 15.8. The normalized spacial score (nSPS) is 10.3. The number of ether oxygens (including phenoxy) is 2. The molecule has 0 spiro atoms. The van der Waals surface area contributed by atoms with Crippen LogP contribution >= 0.6 is 0 Å². The summed E-state index contributed by atoms with van der Waals surface area (Å²) in [6.07, 6.45) is 0. The van der Waals surface area contributed by atoms with E-state index in [1.54, 1.807) is 25.3 Å². The van der Waals surface area contributed by atoms with Crippen molar-refractivity contribution in [2.24, 2.45) is 0 Å². The van der Waals surface area contributed by atoms with Gasteiger partial charge in [0.15, 0.2) is 11.5 Å². The molecule has 1 amide bonds. The van der Waals surface area contributed by atoms with E-state index in [0.717, 1.165) is 16.8 Å². The van der Waals surface area contributed by atoms with Gasteiger partial charge < -0.3 is 14.8 Å². The summed E-state index contributed by atoms with van der Waals surface area (Å²) in [7, 11) is 1.57. The van der Waals surface area contributed by atoms with Gasteiger partial charge in [-0.2, -0.15) is 0 Å². The number of anilines is 1. The van der Waals surface area contributed by atoms with Gasteiger partial charge in [-0.1, -0.05) is 42.0 Å². The highest BCUT2D eigenvalue weighted by atomic mass is 16.5. The Kier molecular flexibility index (Phi) is 5.77. The SMILES string of the molecule is COc1cc(C(=O)Nc2cccc(C)c2)ccc1OCc1ccc(C)cc1. The van der Waals surface area contributed by atoms with Gasteiger partial charge in [0.05, 0.1) is 7.11 Å². The smallest absolute Gasteiger partial charge is 0.255 e. The fourth-order valence-corrected chi connectivity index (χ4v) is 2.70. The van der Waals surface area contributed by atoms with Crippen molar-refractivity contribution in [3.8, 4) is 11.5 Å². The third-order valence-corrected chi connectivity index (χ3v) is 4.22.